The van der Waals surface area contributed by atoms with Crippen LogP contribution in [-0.2, 0) is 10.0 Å². The van der Waals surface area contributed by atoms with Crippen molar-refractivity contribution >= 4 is 15.7 Å². The van der Waals surface area contributed by atoms with Gasteiger partial charge >= 0.3 is 0 Å². The highest BCUT2D eigenvalue weighted by Crippen LogP contribution is 2.26. The Bertz CT molecular complexity index is 626. The van der Waals surface area contributed by atoms with Gasteiger partial charge in [-0.1, -0.05) is 12.1 Å². The fourth-order valence-corrected chi connectivity index (χ4v) is 3.56. The average Bonchev–Trinajstić information content (AvgIpc) is 3.21. The van der Waals surface area contributed by atoms with Crippen molar-refractivity contribution in [3.63, 3.8) is 0 Å². The molecule has 2 rings (SSSR count). The van der Waals surface area contributed by atoms with Crippen molar-refractivity contribution in [2.75, 3.05) is 13.1 Å². The maximum Gasteiger partial charge on any atom is 0.289 e. The maximum absolute atomic E-state index is 12.3. The molecule has 0 saturated heterocycles. The smallest absolute Gasteiger partial charge is 0.289 e. The minimum Gasteiger partial charge on any atom is -0.314 e. The van der Waals surface area contributed by atoms with E-state index in [4.69, 9.17) is 0 Å². The Balaban J connectivity index is 2.02. The first-order valence-electron chi connectivity index (χ1n) is 6.89. The summed E-state index contributed by atoms with van der Waals surface area (Å²) in [6.45, 7) is 2.55. The van der Waals surface area contributed by atoms with Gasteiger partial charge in [-0.2, -0.15) is 0 Å². The first-order valence-corrected chi connectivity index (χ1v) is 8.37. The van der Waals surface area contributed by atoms with Gasteiger partial charge in [-0.3, -0.25) is 10.1 Å². The van der Waals surface area contributed by atoms with Gasteiger partial charge in [0.15, 0.2) is 4.90 Å². The van der Waals surface area contributed by atoms with E-state index in [9.17, 15) is 18.5 Å². The van der Waals surface area contributed by atoms with Crippen LogP contribution in [-0.4, -0.2) is 32.5 Å². The summed E-state index contributed by atoms with van der Waals surface area (Å²) in [6.07, 6.45) is 3.01. The van der Waals surface area contributed by atoms with E-state index in [1.54, 1.807) is 13.0 Å². The Morgan fingerprint density at radius 2 is 2.05 bits per heavy atom. The van der Waals surface area contributed by atoms with Crippen LogP contribution < -0.4 is 10.0 Å². The maximum atomic E-state index is 12.3. The third-order valence-corrected chi connectivity index (χ3v) is 4.97. The molecule has 0 spiro atoms. The Hall–Kier alpha value is -1.51. The van der Waals surface area contributed by atoms with E-state index in [-0.39, 0.29) is 11.4 Å². The number of sulfonamides is 1. The van der Waals surface area contributed by atoms with Gasteiger partial charge in [-0.25, -0.2) is 13.1 Å². The zero-order chi connectivity index (χ0) is 15.5. The minimum absolute atomic E-state index is 0.245. The van der Waals surface area contributed by atoms with Crippen LogP contribution in [0, 0.1) is 17.0 Å². The molecule has 1 aliphatic rings. The van der Waals surface area contributed by atoms with Crippen LogP contribution in [0.4, 0.5) is 5.69 Å². The van der Waals surface area contributed by atoms with Crippen molar-refractivity contribution < 1.29 is 13.3 Å². The van der Waals surface area contributed by atoms with E-state index in [0.717, 1.165) is 6.54 Å². The second-order valence-corrected chi connectivity index (χ2v) is 6.86. The lowest BCUT2D eigenvalue weighted by Crippen LogP contribution is -2.29. The summed E-state index contributed by atoms with van der Waals surface area (Å²) in [6, 6.07) is 4.82. The summed E-state index contributed by atoms with van der Waals surface area (Å²) in [5, 5.41) is 14.3. The molecule has 0 atom stereocenters. The number of nitrogens with zero attached hydrogens (tertiary/aromatic N) is 1. The van der Waals surface area contributed by atoms with Crippen LogP contribution in [0.1, 0.15) is 24.8 Å². The third kappa shape index (κ3) is 4.23. The molecule has 0 aromatic heterocycles. The highest BCUT2D eigenvalue weighted by Gasteiger charge is 2.27. The molecule has 0 unspecified atom stereocenters. The van der Waals surface area contributed by atoms with E-state index in [0.29, 0.717) is 18.0 Å². The van der Waals surface area contributed by atoms with Crippen LogP contribution in [0.25, 0.3) is 0 Å². The van der Waals surface area contributed by atoms with Crippen LogP contribution >= 0.6 is 0 Å². The molecule has 21 heavy (non-hydrogen) atoms. The molecule has 0 aliphatic heterocycles. The first-order chi connectivity index (χ1) is 9.92. The topological polar surface area (TPSA) is 101 Å². The van der Waals surface area contributed by atoms with E-state index >= 15 is 0 Å². The van der Waals surface area contributed by atoms with Crippen molar-refractivity contribution in [3.8, 4) is 0 Å². The zero-order valence-corrected chi connectivity index (χ0v) is 12.6. The van der Waals surface area contributed by atoms with Gasteiger partial charge in [-0.05, 0) is 38.3 Å². The van der Waals surface area contributed by atoms with Gasteiger partial charge in [0.1, 0.15) is 0 Å². The molecule has 116 valence electrons. The molecule has 0 radical (unpaired) electrons. The van der Waals surface area contributed by atoms with Gasteiger partial charge in [-0.15, -0.1) is 0 Å². The number of hydrogen-bond acceptors (Lipinski definition) is 5. The Morgan fingerprint density at radius 3 is 2.67 bits per heavy atom. The molecule has 2 N–H and O–H groups in total. The lowest BCUT2D eigenvalue weighted by Gasteiger charge is -2.10. The number of hydrogen-bond donors (Lipinski definition) is 2. The number of aryl methyl sites for hydroxylation is 1. The number of nitrogens with one attached hydrogen (secondary N) is 2. The van der Waals surface area contributed by atoms with Crippen molar-refractivity contribution in [2.45, 2.75) is 37.1 Å². The van der Waals surface area contributed by atoms with Crippen LogP contribution in [0.15, 0.2) is 23.1 Å². The fraction of sp³-hybridized carbons (Fsp3) is 0.538. The fourth-order valence-electron chi connectivity index (χ4n) is 2.09. The molecule has 1 fully saturated rings. The second-order valence-electron chi connectivity index (χ2n) is 5.16. The van der Waals surface area contributed by atoms with Gasteiger partial charge in [0.2, 0.25) is 10.0 Å². The molecule has 0 bridgehead atoms. The zero-order valence-electron chi connectivity index (χ0n) is 11.8. The highest BCUT2D eigenvalue weighted by molar-refractivity contribution is 7.89. The van der Waals surface area contributed by atoms with Gasteiger partial charge in [0.25, 0.3) is 5.69 Å². The number of rotatable bonds is 8. The predicted molar refractivity (Wildman–Crippen MR) is 78.7 cm³/mol. The summed E-state index contributed by atoms with van der Waals surface area (Å²) in [7, 11) is -3.87. The molecule has 7 nitrogen and oxygen atoms in total. The van der Waals surface area contributed by atoms with Gasteiger partial charge < -0.3 is 5.32 Å². The number of nitro benzene ring substituents is 1. The molecule has 1 aromatic carbocycles. The first kappa shape index (κ1) is 15.9. The molecule has 0 heterocycles. The lowest BCUT2D eigenvalue weighted by molar-refractivity contribution is -0.387. The normalized spacial score (nSPS) is 15.1. The van der Waals surface area contributed by atoms with Crippen LogP contribution in [0.3, 0.4) is 0 Å². The van der Waals surface area contributed by atoms with E-state index < -0.39 is 20.6 Å². The van der Waals surface area contributed by atoms with Crippen molar-refractivity contribution in [2.24, 2.45) is 0 Å². The SMILES string of the molecule is Cc1cccc([N+](=O)[O-])c1S(=O)(=O)NCCCNC1CC1. The average molecular weight is 313 g/mol. The second kappa shape index (κ2) is 6.50. The Labute approximate surface area is 123 Å². The standard InChI is InChI=1S/C13H19N3O4S/c1-10-4-2-5-12(16(17)18)13(10)21(19,20)15-9-3-8-14-11-6-7-11/h2,4-5,11,14-15H,3,6-9H2,1H3. The van der Waals surface area contributed by atoms with Crippen molar-refractivity contribution in [3.05, 3.63) is 33.9 Å². The summed E-state index contributed by atoms with van der Waals surface area (Å²) < 4.78 is 26.9. The summed E-state index contributed by atoms with van der Waals surface area (Å²) in [5.41, 5.74) is -0.0218. The Morgan fingerprint density at radius 1 is 1.33 bits per heavy atom. The molecule has 8 heteroatoms. The quantitative estimate of drug-likeness (QED) is 0.428. The number of benzene rings is 1. The van der Waals surface area contributed by atoms with Crippen molar-refractivity contribution in [1.82, 2.24) is 10.0 Å². The Kier molecular flexibility index (Phi) is 4.92. The molecule has 1 saturated carbocycles. The summed E-state index contributed by atoms with van der Waals surface area (Å²) in [5.74, 6) is 0. The molecular weight excluding hydrogens is 294 g/mol. The summed E-state index contributed by atoms with van der Waals surface area (Å²) >= 11 is 0. The van der Waals surface area contributed by atoms with Crippen LogP contribution in [0.5, 0.6) is 0 Å². The van der Waals surface area contributed by atoms with Gasteiger partial charge in [0, 0.05) is 18.7 Å². The lowest BCUT2D eigenvalue weighted by atomic mass is 10.2. The van der Waals surface area contributed by atoms with Crippen LogP contribution in [0.2, 0.25) is 0 Å². The molecular formula is C13H19N3O4S. The van der Waals surface area contributed by atoms with Gasteiger partial charge in [0.05, 0.1) is 4.92 Å². The number of nitro groups is 1. The molecule has 0 amide bonds. The van der Waals surface area contributed by atoms with E-state index in [1.165, 1.54) is 25.0 Å². The highest BCUT2D eigenvalue weighted by atomic mass is 32.2. The minimum atomic E-state index is -3.87. The van der Waals surface area contributed by atoms with E-state index in [1.807, 2.05) is 0 Å². The van der Waals surface area contributed by atoms with E-state index in [2.05, 4.69) is 10.0 Å². The third-order valence-electron chi connectivity index (χ3n) is 3.31. The van der Waals surface area contributed by atoms with Crippen molar-refractivity contribution in [1.29, 1.82) is 0 Å². The molecule has 1 aromatic rings. The summed E-state index contributed by atoms with van der Waals surface area (Å²) in [4.78, 5) is 10.1. The monoisotopic (exact) mass is 313 g/mol. The predicted octanol–water partition coefficient (Wildman–Crippen LogP) is 1.32. The molecule has 1 aliphatic carbocycles. The largest absolute Gasteiger partial charge is 0.314 e.